The minimum Gasteiger partial charge on any atom is -0.493 e. The summed E-state index contributed by atoms with van der Waals surface area (Å²) in [6, 6.07) is 12.6. The number of aryl methyl sites for hydroxylation is 4. The zero-order valence-corrected chi connectivity index (χ0v) is 18.5. The van der Waals surface area contributed by atoms with Gasteiger partial charge < -0.3 is 9.84 Å². The average molecular weight is 422 g/mol. The van der Waals surface area contributed by atoms with Gasteiger partial charge in [-0.2, -0.15) is 0 Å². The second-order valence-corrected chi connectivity index (χ2v) is 9.39. The number of aliphatic carboxylic acids is 1. The van der Waals surface area contributed by atoms with Gasteiger partial charge in [0.1, 0.15) is 10.8 Å². The Bertz CT molecular complexity index is 1070. The van der Waals surface area contributed by atoms with Gasteiger partial charge in [-0.3, -0.25) is 4.79 Å². The molecule has 0 radical (unpaired) electrons. The van der Waals surface area contributed by atoms with Crippen molar-refractivity contribution < 1.29 is 14.6 Å². The third kappa shape index (κ3) is 4.57. The standard InChI is InChI=1S/C25H27NO3S/c1-15-10-16(2)12-20(11-15)25-26-23(17(3)30-25)8-9-29-21-6-7-22-18(13-21)4-5-19(22)14-24(27)28/h6-7,10-13,19H,4-5,8-9,14H2,1-3H3,(H,27,28). The molecule has 0 amide bonds. The number of benzene rings is 2. The molecule has 0 bridgehead atoms. The summed E-state index contributed by atoms with van der Waals surface area (Å²) in [5.74, 6) is 0.257. The fourth-order valence-corrected chi connectivity index (χ4v) is 5.29. The lowest BCUT2D eigenvalue weighted by molar-refractivity contribution is -0.137. The maximum atomic E-state index is 11.0. The third-order valence-electron chi connectivity index (χ3n) is 5.71. The normalized spacial score (nSPS) is 15.2. The molecule has 0 saturated heterocycles. The smallest absolute Gasteiger partial charge is 0.303 e. The van der Waals surface area contributed by atoms with Gasteiger partial charge in [0.15, 0.2) is 0 Å². The summed E-state index contributed by atoms with van der Waals surface area (Å²) < 4.78 is 6.01. The Labute approximate surface area is 181 Å². The van der Waals surface area contributed by atoms with E-state index in [1.54, 1.807) is 11.3 Å². The molecule has 1 atom stereocenters. The van der Waals surface area contributed by atoms with Crippen LogP contribution in [-0.4, -0.2) is 22.7 Å². The van der Waals surface area contributed by atoms with E-state index in [1.807, 2.05) is 12.1 Å². The highest BCUT2D eigenvalue weighted by molar-refractivity contribution is 7.15. The summed E-state index contributed by atoms with van der Waals surface area (Å²) in [6.45, 7) is 6.93. The van der Waals surface area contributed by atoms with Crippen LogP contribution in [0.5, 0.6) is 5.75 Å². The van der Waals surface area contributed by atoms with Crippen molar-refractivity contribution in [3.8, 4) is 16.3 Å². The molecule has 1 N–H and O–H groups in total. The largest absolute Gasteiger partial charge is 0.493 e. The quantitative estimate of drug-likeness (QED) is 0.519. The molecule has 4 rings (SSSR count). The van der Waals surface area contributed by atoms with Crippen molar-refractivity contribution in [2.45, 2.75) is 52.4 Å². The van der Waals surface area contributed by atoms with Gasteiger partial charge in [0, 0.05) is 16.9 Å². The maximum absolute atomic E-state index is 11.0. The SMILES string of the molecule is Cc1cc(C)cc(-c2nc(CCOc3ccc4c(c3)CCC4CC(=O)O)c(C)s2)c1. The van der Waals surface area contributed by atoms with Crippen LogP contribution in [0.1, 0.15) is 51.6 Å². The number of rotatable bonds is 7. The number of carboxylic acid groups (broad SMARTS) is 1. The van der Waals surface area contributed by atoms with Crippen LogP contribution in [0.3, 0.4) is 0 Å². The fourth-order valence-electron chi connectivity index (χ4n) is 4.34. The number of thiazole rings is 1. The number of hydrogen-bond acceptors (Lipinski definition) is 4. The molecule has 1 unspecified atom stereocenters. The summed E-state index contributed by atoms with van der Waals surface area (Å²) in [6.07, 6.45) is 2.81. The second kappa shape index (κ2) is 8.60. The van der Waals surface area contributed by atoms with Gasteiger partial charge in [0.05, 0.1) is 18.7 Å². The molecule has 0 saturated carbocycles. The molecule has 0 aliphatic heterocycles. The maximum Gasteiger partial charge on any atom is 0.303 e. The number of aromatic nitrogens is 1. The van der Waals surface area contributed by atoms with Crippen molar-refractivity contribution in [1.82, 2.24) is 4.98 Å². The molecule has 3 aromatic rings. The number of nitrogens with zero attached hydrogens (tertiary/aromatic N) is 1. The Hall–Kier alpha value is -2.66. The molecule has 5 heteroatoms. The fraction of sp³-hybridized carbons (Fsp3) is 0.360. The van der Waals surface area contributed by atoms with Gasteiger partial charge in [-0.15, -0.1) is 11.3 Å². The molecule has 156 valence electrons. The number of fused-ring (bicyclic) bond motifs is 1. The first-order chi connectivity index (χ1) is 14.4. The van der Waals surface area contributed by atoms with Gasteiger partial charge in [-0.1, -0.05) is 23.3 Å². The van der Waals surface area contributed by atoms with E-state index in [1.165, 1.54) is 27.1 Å². The van der Waals surface area contributed by atoms with E-state index in [4.69, 9.17) is 14.8 Å². The number of hydrogen-bond donors (Lipinski definition) is 1. The Morgan fingerprint density at radius 2 is 1.93 bits per heavy atom. The van der Waals surface area contributed by atoms with E-state index in [0.29, 0.717) is 6.61 Å². The van der Waals surface area contributed by atoms with Crippen molar-refractivity contribution in [3.63, 3.8) is 0 Å². The molecule has 1 aliphatic rings. The monoisotopic (exact) mass is 421 g/mol. The Morgan fingerprint density at radius 3 is 2.67 bits per heavy atom. The summed E-state index contributed by atoms with van der Waals surface area (Å²) >= 11 is 1.74. The van der Waals surface area contributed by atoms with Crippen LogP contribution >= 0.6 is 11.3 Å². The second-order valence-electron chi connectivity index (χ2n) is 8.19. The van der Waals surface area contributed by atoms with E-state index in [0.717, 1.165) is 41.3 Å². The highest BCUT2D eigenvalue weighted by Crippen LogP contribution is 2.37. The Balaban J connectivity index is 1.39. The molecular weight excluding hydrogens is 394 g/mol. The predicted molar refractivity (Wildman–Crippen MR) is 121 cm³/mol. The summed E-state index contributed by atoms with van der Waals surface area (Å²) in [5, 5.41) is 10.1. The van der Waals surface area contributed by atoms with E-state index in [-0.39, 0.29) is 12.3 Å². The van der Waals surface area contributed by atoms with Crippen LogP contribution in [0.4, 0.5) is 0 Å². The number of carboxylic acids is 1. The summed E-state index contributed by atoms with van der Waals surface area (Å²) in [5.41, 5.74) is 7.17. The van der Waals surface area contributed by atoms with Crippen molar-refractivity contribution in [2.75, 3.05) is 6.61 Å². The van der Waals surface area contributed by atoms with Crippen molar-refractivity contribution in [1.29, 1.82) is 0 Å². The van der Waals surface area contributed by atoms with Crippen LogP contribution in [0.25, 0.3) is 10.6 Å². The highest BCUT2D eigenvalue weighted by atomic mass is 32.1. The molecule has 30 heavy (non-hydrogen) atoms. The van der Waals surface area contributed by atoms with Crippen LogP contribution < -0.4 is 4.74 Å². The first-order valence-electron chi connectivity index (χ1n) is 10.4. The highest BCUT2D eigenvalue weighted by Gasteiger charge is 2.24. The molecule has 4 nitrogen and oxygen atoms in total. The Kier molecular flexibility index (Phi) is 5.91. The molecular formula is C25H27NO3S. The first kappa shape index (κ1) is 20.6. The van der Waals surface area contributed by atoms with Crippen LogP contribution in [0, 0.1) is 20.8 Å². The minimum absolute atomic E-state index is 0.132. The summed E-state index contributed by atoms with van der Waals surface area (Å²) in [7, 11) is 0. The van der Waals surface area contributed by atoms with Crippen molar-refractivity contribution in [3.05, 3.63) is 69.2 Å². The molecule has 1 heterocycles. The molecule has 1 aliphatic carbocycles. The van der Waals surface area contributed by atoms with Gasteiger partial charge in [-0.25, -0.2) is 4.98 Å². The van der Waals surface area contributed by atoms with Gasteiger partial charge >= 0.3 is 5.97 Å². The zero-order valence-electron chi connectivity index (χ0n) is 17.7. The van der Waals surface area contributed by atoms with E-state index < -0.39 is 5.97 Å². The summed E-state index contributed by atoms with van der Waals surface area (Å²) in [4.78, 5) is 17.1. The van der Waals surface area contributed by atoms with Gasteiger partial charge in [0.25, 0.3) is 0 Å². The average Bonchev–Trinajstić information content (AvgIpc) is 3.24. The number of carbonyl (C=O) groups is 1. The predicted octanol–water partition coefficient (Wildman–Crippen LogP) is 5.86. The molecule has 0 fully saturated rings. The van der Waals surface area contributed by atoms with Crippen LogP contribution in [-0.2, 0) is 17.6 Å². The lowest BCUT2D eigenvalue weighted by Crippen LogP contribution is -2.04. The van der Waals surface area contributed by atoms with E-state index in [2.05, 4.69) is 45.0 Å². The third-order valence-corrected chi connectivity index (χ3v) is 6.77. The first-order valence-corrected chi connectivity index (χ1v) is 11.2. The van der Waals surface area contributed by atoms with Crippen LogP contribution in [0.2, 0.25) is 0 Å². The van der Waals surface area contributed by atoms with E-state index in [9.17, 15) is 4.79 Å². The van der Waals surface area contributed by atoms with Gasteiger partial charge in [0.2, 0.25) is 0 Å². The topological polar surface area (TPSA) is 59.4 Å². The lowest BCUT2D eigenvalue weighted by Gasteiger charge is -2.10. The lowest BCUT2D eigenvalue weighted by atomic mass is 9.98. The molecule has 2 aromatic carbocycles. The molecule has 1 aromatic heterocycles. The minimum atomic E-state index is -0.730. The number of ether oxygens (including phenoxy) is 1. The van der Waals surface area contributed by atoms with Crippen molar-refractivity contribution >= 4 is 17.3 Å². The molecule has 0 spiro atoms. The van der Waals surface area contributed by atoms with Gasteiger partial charge in [-0.05, 0) is 74.9 Å². The Morgan fingerprint density at radius 1 is 1.17 bits per heavy atom. The van der Waals surface area contributed by atoms with Crippen LogP contribution in [0.15, 0.2) is 36.4 Å². The van der Waals surface area contributed by atoms with Crippen molar-refractivity contribution in [2.24, 2.45) is 0 Å². The van der Waals surface area contributed by atoms with E-state index >= 15 is 0 Å². The zero-order chi connectivity index (χ0) is 21.3.